The van der Waals surface area contributed by atoms with Gasteiger partial charge < -0.3 is 21.5 Å². The molecular formula is C13H23N3O5S3. The molecule has 24 heavy (non-hydrogen) atoms. The second kappa shape index (κ2) is 10.7. The number of hydrogen-bond donors (Lipinski definition) is 5. The Morgan fingerprint density at radius 3 is 2.25 bits per heavy atom. The monoisotopic (exact) mass is 397 g/mol. The number of aliphatic carboxylic acids is 1. The van der Waals surface area contributed by atoms with E-state index < -0.39 is 35.0 Å². The van der Waals surface area contributed by atoms with Crippen molar-refractivity contribution in [2.75, 3.05) is 12.3 Å². The molecule has 2 atom stereocenters. The highest BCUT2D eigenvalue weighted by Gasteiger charge is 2.21. The highest BCUT2D eigenvalue weighted by atomic mass is 33.1. The van der Waals surface area contributed by atoms with Crippen LogP contribution in [0.3, 0.4) is 0 Å². The standard InChI is InChI=1S/C13H23N3O5S3/c1-13(2,3)24-23-6-7(11(14)19)16-10(18)5-15-9(17)4-8(22)12(20)21/h7-8,22H,4-6H2,1-3H3,(H2,14,19)(H,15,17)(H,16,18)(H,20,21)/t7-,8?/m0/s1. The van der Waals surface area contributed by atoms with Crippen molar-refractivity contribution in [1.29, 1.82) is 0 Å². The lowest BCUT2D eigenvalue weighted by Gasteiger charge is -2.19. The van der Waals surface area contributed by atoms with E-state index in [-0.39, 0.29) is 17.7 Å². The summed E-state index contributed by atoms with van der Waals surface area (Å²) in [5, 5.41) is 12.2. The molecule has 1 unspecified atom stereocenters. The molecule has 5 N–H and O–H groups in total. The van der Waals surface area contributed by atoms with Crippen molar-refractivity contribution in [3.8, 4) is 0 Å². The first-order chi connectivity index (χ1) is 10.9. The molecule has 0 aliphatic carbocycles. The van der Waals surface area contributed by atoms with Crippen molar-refractivity contribution >= 4 is 57.9 Å². The molecule has 138 valence electrons. The summed E-state index contributed by atoms with van der Waals surface area (Å²) in [5.74, 6) is -2.80. The summed E-state index contributed by atoms with van der Waals surface area (Å²) >= 11 is 3.73. The van der Waals surface area contributed by atoms with E-state index in [2.05, 4.69) is 23.3 Å². The second-order valence-electron chi connectivity index (χ2n) is 5.84. The summed E-state index contributed by atoms with van der Waals surface area (Å²) in [6.45, 7) is 5.68. The van der Waals surface area contributed by atoms with Crippen LogP contribution in [0.1, 0.15) is 27.2 Å². The van der Waals surface area contributed by atoms with Crippen LogP contribution in [0.4, 0.5) is 0 Å². The number of carboxylic acid groups (broad SMARTS) is 1. The predicted octanol–water partition coefficient (Wildman–Crippen LogP) is 0.0257. The van der Waals surface area contributed by atoms with Crippen molar-refractivity contribution in [2.45, 2.75) is 43.2 Å². The number of nitrogens with one attached hydrogen (secondary N) is 2. The Bertz CT molecular complexity index is 482. The van der Waals surface area contributed by atoms with Crippen LogP contribution in [0.15, 0.2) is 0 Å². The minimum Gasteiger partial charge on any atom is -0.480 e. The third kappa shape index (κ3) is 11.5. The number of thiol groups is 1. The zero-order valence-electron chi connectivity index (χ0n) is 13.7. The molecule has 0 aliphatic rings. The van der Waals surface area contributed by atoms with Crippen molar-refractivity contribution in [3.63, 3.8) is 0 Å². The van der Waals surface area contributed by atoms with Gasteiger partial charge in [-0.25, -0.2) is 0 Å². The maximum Gasteiger partial charge on any atom is 0.316 e. The molecule has 0 aromatic carbocycles. The molecule has 0 rings (SSSR count). The summed E-state index contributed by atoms with van der Waals surface area (Å²) in [7, 11) is 2.97. The van der Waals surface area contributed by atoms with E-state index in [4.69, 9.17) is 10.8 Å². The fourth-order valence-electron chi connectivity index (χ4n) is 1.23. The first-order valence-electron chi connectivity index (χ1n) is 6.99. The number of nitrogens with two attached hydrogens (primary N) is 1. The van der Waals surface area contributed by atoms with Crippen LogP contribution in [0.5, 0.6) is 0 Å². The molecule has 0 bridgehead atoms. The first-order valence-corrected chi connectivity index (χ1v) is 9.82. The second-order valence-corrected chi connectivity index (χ2v) is 9.63. The lowest BCUT2D eigenvalue weighted by molar-refractivity contribution is -0.138. The van der Waals surface area contributed by atoms with E-state index in [1.165, 1.54) is 10.8 Å². The molecule has 3 amide bonds. The molecule has 0 radical (unpaired) electrons. The van der Waals surface area contributed by atoms with Crippen LogP contribution in [-0.2, 0) is 19.2 Å². The first kappa shape index (κ1) is 22.9. The number of rotatable bonds is 10. The molecule has 0 saturated carbocycles. The van der Waals surface area contributed by atoms with Crippen molar-refractivity contribution in [3.05, 3.63) is 0 Å². The van der Waals surface area contributed by atoms with Crippen molar-refractivity contribution in [1.82, 2.24) is 10.6 Å². The van der Waals surface area contributed by atoms with E-state index in [0.29, 0.717) is 5.75 Å². The molecule has 0 spiro atoms. The number of carboxylic acids is 1. The van der Waals surface area contributed by atoms with Gasteiger partial charge in [-0.05, 0) is 0 Å². The summed E-state index contributed by atoms with van der Waals surface area (Å²) in [6.07, 6.45) is -0.358. The summed E-state index contributed by atoms with van der Waals surface area (Å²) in [5.41, 5.74) is 5.25. The van der Waals surface area contributed by atoms with Gasteiger partial charge in [0.1, 0.15) is 11.3 Å². The van der Waals surface area contributed by atoms with Crippen molar-refractivity contribution in [2.24, 2.45) is 5.73 Å². The molecule has 0 heterocycles. The average Bonchev–Trinajstić information content (AvgIpc) is 2.42. The minimum absolute atomic E-state index is 0.00160. The van der Waals surface area contributed by atoms with Gasteiger partial charge in [-0.1, -0.05) is 42.4 Å². The summed E-state index contributed by atoms with van der Waals surface area (Å²) < 4.78 is -0.00160. The number of carbonyl (C=O) groups is 4. The van der Waals surface area contributed by atoms with Gasteiger partial charge in [0.15, 0.2) is 0 Å². The Morgan fingerprint density at radius 2 is 1.79 bits per heavy atom. The molecule has 0 aromatic rings. The summed E-state index contributed by atoms with van der Waals surface area (Å²) in [6, 6.07) is -0.856. The lowest BCUT2D eigenvalue weighted by Crippen LogP contribution is -2.49. The van der Waals surface area contributed by atoms with Gasteiger partial charge in [-0.2, -0.15) is 12.6 Å². The van der Waals surface area contributed by atoms with Crippen LogP contribution < -0.4 is 16.4 Å². The normalized spacial score (nSPS) is 13.7. The Balaban J connectivity index is 4.26. The Hall–Kier alpha value is -1.07. The van der Waals surface area contributed by atoms with Crippen LogP contribution in [0.25, 0.3) is 0 Å². The Kier molecular flexibility index (Phi) is 10.2. The quantitative estimate of drug-likeness (QED) is 0.259. The molecule has 0 fully saturated rings. The highest BCUT2D eigenvalue weighted by molar-refractivity contribution is 8.77. The molecule has 0 saturated heterocycles. The maximum atomic E-state index is 11.8. The Morgan fingerprint density at radius 1 is 1.21 bits per heavy atom. The lowest BCUT2D eigenvalue weighted by atomic mass is 10.3. The largest absolute Gasteiger partial charge is 0.480 e. The third-order valence-corrected chi connectivity index (χ3v) is 6.08. The zero-order chi connectivity index (χ0) is 18.9. The molecular weight excluding hydrogens is 374 g/mol. The smallest absolute Gasteiger partial charge is 0.316 e. The van der Waals surface area contributed by atoms with Gasteiger partial charge >= 0.3 is 5.97 Å². The van der Waals surface area contributed by atoms with Gasteiger partial charge in [0, 0.05) is 16.9 Å². The maximum absolute atomic E-state index is 11.8. The van der Waals surface area contributed by atoms with E-state index in [1.54, 1.807) is 10.8 Å². The predicted molar refractivity (Wildman–Crippen MR) is 99.0 cm³/mol. The molecule has 0 aliphatic heterocycles. The highest BCUT2D eigenvalue weighted by Crippen LogP contribution is 2.35. The fourth-order valence-corrected chi connectivity index (χ4v) is 3.88. The number of primary amides is 1. The topological polar surface area (TPSA) is 139 Å². The van der Waals surface area contributed by atoms with Crippen LogP contribution in [0, 0.1) is 0 Å². The number of amides is 3. The number of hydrogen-bond acceptors (Lipinski definition) is 7. The average molecular weight is 398 g/mol. The minimum atomic E-state index is -1.22. The van der Waals surface area contributed by atoms with Crippen LogP contribution in [0.2, 0.25) is 0 Å². The third-order valence-electron chi connectivity index (χ3n) is 2.33. The van der Waals surface area contributed by atoms with Gasteiger partial charge in [0.2, 0.25) is 17.7 Å². The zero-order valence-corrected chi connectivity index (χ0v) is 16.2. The summed E-state index contributed by atoms with van der Waals surface area (Å²) in [4.78, 5) is 45.2. The fraction of sp³-hybridized carbons (Fsp3) is 0.692. The molecule has 8 nitrogen and oxygen atoms in total. The van der Waals surface area contributed by atoms with E-state index >= 15 is 0 Å². The van der Waals surface area contributed by atoms with E-state index in [0.717, 1.165) is 0 Å². The van der Waals surface area contributed by atoms with E-state index in [1.807, 2.05) is 20.8 Å². The Labute approximate surface area is 154 Å². The van der Waals surface area contributed by atoms with E-state index in [9.17, 15) is 19.2 Å². The number of carbonyl (C=O) groups excluding carboxylic acids is 3. The van der Waals surface area contributed by atoms with Gasteiger partial charge in [-0.15, -0.1) is 0 Å². The van der Waals surface area contributed by atoms with Crippen LogP contribution in [-0.4, -0.2) is 57.1 Å². The SMILES string of the molecule is CC(C)(C)SSC[C@H](NC(=O)CNC(=O)CC(S)C(=O)O)C(N)=O. The van der Waals surface area contributed by atoms with Crippen LogP contribution >= 0.6 is 34.2 Å². The van der Waals surface area contributed by atoms with Gasteiger partial charge in [0.25, 0.3) is 0 Å². The van der Waals surface area contributed by atoms with Gasteiger partial charge in [0.05, 0.1) is 6.54 Å². The molecule has 0 aromatic heterocycles. The van der Waals surface area contributed by atoms with Crippen molar-refractivity contribution < 1.29 is 24.3 Å². The van der Waals surface area contributed by atoms with Gasteiger partial charge in [-0.3, -0.25) is 19.2 Å². The molecule has 11 heteroatoms.